The average Bonchev–Trinajstić information content (AvgIpc) is 1.84. The number of hydrogen-bond acceptors (Lipinski definition) is 2. The summed E-state index contributed by atoms with van der Waals surface area (Å²) in [6.07, 6.45) is 0. The van der Waals surface area contributed by atoms with Crippen molar-refractivity contribution < 1.29 is 4.48 Å². The van der Waals surface area contributed by atoms with Crippen LogP contribution in [0.5, 0.6) is 0 Å². The maximum absolute atomic E-state index is 5.62. The lowest BCUT2D eigenvalue weighted by Crippen LogP contribution is -2.36. The molecule has 0 heterocycles. The SMILES string of the molecule is CCN=C(N)SCC[N+](C)(C)C. The van der Waals surface area contributed by atoms with Crippen molar-refractivity contribution in [2.24, 2.45) is 10.7 Å². The van der Waals surface area contributed by atoms with Gasteiger partial charge >= 0.3 is 0 Å². The van der Waals surface area contributed by atoms with E-state index in [0.717, 1.165) is 23.3 Å². The molecule has 0 aliphatic carbocycles. The van der Waals surface area contributed by atoms with E-state index in [9.17, 15) is 0 Å². The molecule has 0 rings (SSSR count). The lowest BCUT2D eigenvalue weighted by molar-refractivity contribution is -0.867. The van der Waals surface area contributed by atoms with Crippen molar-refractivity contribution in [3.63, 3.8) is 0 Å². The minimum atomic E-state index is 0.714. The van der Waals surface area contributed by atoms with Crippen LogP contribution in [-0.4, -0.2) is 49.6 Å². The van der Waals surface area contributed by atoms with Crippen LogP contribution < -0.4 is 5.73 Å². The maximum atomic E-state index is 5.62. The Balaban J connectivity index is 3.50. The van der Waals surface area contributed by atoms with Crippen molar-refractivity contribution in [2.45, 2.75) is 6.92 Å². The lowest BCUT2D eigenvalue weighted by Gasteiger charge is -2.23. The fourth-order valence-electron chi connectivity index (χ4n) is 0.626. The van der Waals surface area contributed by atoms with Gasteiger partial charge in [-0.3, -0.25) is 4.99 Å². The molecule has 72 valence electrons. The molecule has 0 spiro atoms. The summed E-state index contributed by atoms with van der Waals surface area (Å²) in [6.45, 7) is 3.89. The second kappa shape index (κ2) is 5.43. The largest absolute Gasteiger partial charge is 0.379 e. The van der Waals surface area contributed by atoms with Crippen LogP contribution >= 0.6 is 11.8 Å². The zero-order chi connectivity index (χ0) is 9.61. The first-order valence-corrected chi connectivity index (χ1v) is 5.17. The standard InChI is InChI=1S/C8H20N3S/c1-5-10-8(9)12-7-6-11(2,3)4/h5-7H2,1-4H3,(H2,9,10)/q+1. The molecule has 0 saturated carbocycles. The summed E-state index contributed by atoms with van der Waals surface area (Å²) in [5, 5.41) is 0.714. The smallest absolute Gasteiger partial charge is 0.154 e. The zero-order valence-electron chi connectivity index (χ0n) is 8.50. The van der Waals surface area contributed by atoms with E-state index in [2.05, 4.69) is 26.1 Å². The fraction of sp³-hybridized carbons (Fsp3) is 0.875. The highest BCUT2D eigenvalue weighted by molar-refractivity contribution is 8.13. The molecule has 0 unspecified atom stereocenters. The van der Waals surface area contributed by atoms with Crippen molar-refractivity contribution in [1.82, 2.24) is 0 Å². The molecule has 2 N–H and O–H groups in total. The van der Waals surface area contributed by atoms with Gasteiger partial charge in [-0.2, -0.15) is 0 Å². The van der Waals surface area contributed by atoms with E-state index in [1.54, 1.807) is 11.8 Å². The Morgan fingerprint density at radius 1 is 1.42 bits per heavy atom. The molecule has 0 saturated heterocycles. The van der Waals surface area contributed by atoms with E-state index in [-0.39, 0.29) is 0 Å². The van der Waals surface area contributed by atoms with Gasteiger partial charge in [-0.1, -0.05) is 11.8 Å². The number of nitrogens with zero attached hydrogens (tertiary/aromatic N) is 2. The predicted octanol–water partition coefficient (Wildman–Crippen LogP) is 0.760. The Morgan fingerprint density at radius 2 is 2.00 bits per heavy atom. The molecule has 0 aliphatic heterocycles. The van der Waals surface area contributed by atoms with Gasteiger partial charge in [-0.25, -0.2) is 0 Å². The number of quaternary nitrogens is 1. The van der Waals surface area contributed by atoms with Gasteiger partial charge in [0.2, 0.25) is 0 Å². The molecule has 0 amide bonds. The fourth-order valence-corrected chi connectivity index (χ4v) is 1.69. The van der Waals surface area contributed by atoms with E-state index in [1.807, 2.05) is 6.92 Å². The van der Waals surface area contributed by atoms with Gasteiger partial charge in [-0.05, 0) is 6.92 Å². The first kappa shape index (κ1) is 11.8. The molecule has 0 radical (unpaired) electrons. The Labute approximate surface area is 79.6 Å². The van der Waals surface area contributed by atoms with Crippen molar-refractivity contribution in [3.05, 3.63) is 0 Å². The molecular weight excluding hydrogens is 170 g/mol. The summed E-state index contributed by atoms with van der Waals surface area (Å²) >= 11 is 1.64. The van der Waals surface area contributed by atoms with Gasteiger partial charge in [0.1, 0.15) is 0 Å². The predicted molar refractivity (Wildman–Crippen MR) is 57.5 cm³/mol. The number of hydrogen-bond donors (Lipinski definition) is 1. The van der Waals surface area contributed by atoms with Gasteiger partial charge in [0.15, 0.2) is 5.17 Å². The Kier molecular flexibility index (Phi) is 5.33. The first-order chi connectivity index (χ1) is 5.45. The lowest BCUT2D eigenvalue weighted by atomic mass is 10.6. The highest BCUT2D eigenvalue weighted by atomic mass is 32.2. The third-order valence-electron chi connectivity index (χ3n) is 1.33. The Morgan fingerprint density at radius 3 is 2.42 bits per heavy atom. The monoisotopic (exact) mass is 190 g/mol. The molecule has 0 fully saturated rings. The van der Waals surface area contributed by atoms with Crippen molar-refractivity contribution in [3.8, 4) is 0 Å². The van der Waals surface area contributed by atoms with Crippen molar-refractivity contribution in [2.75, 3.05) is 40.0 Å². The van der Waals surface area contributed by atoms with E-state index < -0.39 is 0 Å². The van der Waals surface area contributed by atoms with Crippen LogP contribution in [0, 0.1) is 0 Å². The van der Waals surface area contributed by atoms with Crippen molar-refractivity contribution in [1.29, 1.82) is 0 Å². The van der Waals surface area contributed by atoms with Gasteiger partial charge in [0.25, 0.3) is 0 Å². The van der Waals surface area contributed by atoms with Gasteiger partial charge in [-0.15, -0.1) is 0 Å². The number of thioether (sulfide) groups is 1. The molecule has 0 aromatic carbocycles. The number of rotatable bonds is 4. The molecule has 0 bridgehead atoms. The van der Waals surface area contributed by atoms with Crippen LogP contribution in [0.1, 0.15) is 6.92 Å². The third-order valence-corrected chi connectivity index (χ3v) is 2.14. The van der Waals surface area contributed by atoms with E-state index in [4.69, 9.17) is 5.73 Å². The topological polar surface area (TPSA) is 38.4 Å². The Bertz CT molecular complexity index is 149. The summed E-state index contributed by atoms with van der Waals surface area (Å²) in [4.78, 5) is 4.09. The van der Waals surface area contributed by atoms with Crippen molar-refractivity contribution >= 4 is 16.9 Å². The molecule has 0 aromatic heterocycles. The molecule has 12 heavy (non-hydrogen) atoms. The van der Waals surface area contributed by atoms with Crippen LogP contribution in [0.15, 0.2) is 4.99 Å². The molecule has 0 atom stereocenters. The second-order valence-electron chi connectivity index (χ2n) is 3.67. The molecule has 0 aliphatic rings. The van der Waals surface area contributed by atoms with E-state index in [0.29, 0.717) is 5.17 Å². The van der Waals surface area contributed by atoms with Crippen LogP contribution in [0.4, 0.5) is 0 Å². The number of amidine groups is 1. The summed E-state index contributed by atoms with van der Waals surface area (Å²) in [5.41, 5.74) is 5.62. The summed E-state index contributed by atoms with van der Waals surface area (Å²) < 4.78 is 0.979. The van der Waals surface area contributed by atoms with Crippen LogP contribution in [-0.2, 0) is 0 Å². The highest BCUT2D eigenvalue weighted by Crippen LogP contribution is 2.02. The third kappa shape index (κ3) is 7.88. The summed E-state index contributed by atoms with van der Waals surface area (Å²) in [5.74, 6) is 1.04. The normalized spacial score (nSPS) is 13.5. The van der Waals surface area contributed by atoms with Crippen LogP contribution in [0.2, 0.25) is 0 Å². The summed E-state index contributed by atoms with van der Waals surface area (Å²) in [6, 6.07) is 0. The zero-order valence-corrected chi connectivity index (χ0v) is 9.32. The number of aliphatic imine (C=N–C) groups is 1. The molecule has 0 aromatic rings. The summed E-state index contributed by atoms with van der Waals surface area (Å²) in [7, 11) is 6.52. The maximum Gasteiger partial charge on any atom is 0.154 e. The Hall–Kier alpha value is -0.220. The van der Waals surface area contributed by atoms with Crippen LogP contribution in [0.3, 0.4) is 0 Å². The number of nitrogens with two attached hydrogens (primary N) is 1. The van der Waals surface area contributed by atoms with Gasteiger partial charge in [0.05, 0.1) is 33.4 Å². The highest BCUT2D eigenvalue weighted by Gasteiger charge is 2.06. The average molecular weight is 190 g/mol. The minimum absolute atomic E-state index is 0.714. The molecule has 4 heteroatoms. The van der Waals surface area contributed by atoms with E-state index >= 15 is 0 Å². The van der Waals surface area contributed by atoms with E-state index in [1.165, 1.54) is 0 Å². The van der Waals surface area contributed by atoms with Gasteiger partial charge < -0.3 is 10.2 Å². The van der Waals surface area contributed by atoms with Gasteiger partial charge in [0, 0.05) is 6.54 Å². The minimum Gasteiger partial charge on any atom is -0.379 e. The quantitative estimate of drug-likeness (QED) is 0.404. The second-order valence-corrected chi connectivity index (χ2v) is 4.79. The van der Waals surface area contributed by atoms with Crippen LogP contribution in [0.25, 0.3) is 0 Å². The molecule has 3 nitrogen and oxygen atoms in total. The first-order valence-electron chi connectivity index (χ1n) is 4.19. The molecular formula is C8H20N3S+.